The third-order valence-electron chi connectivity index (χ3n) is 2.48. The third kappa shape index (κ3) is 5.27. The summed E-state index contributed by atoms with van der Waals surface area (Å²) in [5.41, 5.74) is 0. The van der Waals surface area contributed by atoms with Gasteiger partial charge in [0.2, 0.25) is 0 Å². The molecule has 13 heavy (non-hydrogen) atoms. The Morgan fingerprint density at radius 3 is 2.54 bits per heavy atom. The van der Waals surface area contributed by atoms with E-state index in [1.807, 2.05) is 13.8 Å². The first-order chi connectivity index (χ1) is 6.34. The Morgan fingerprint density at radius 1 is 1.38 bits per heavy atom. The summed E-state index contributed by atoms with van der Waals surface area (Å²) in [5.74, 6) is 0. The van der Waals surface area contributed by atoms with E-state index in [-0.39, 0.29) is 0 Å². The fourth-order valence-electron chi connectivity index (χ4n) is 1.74. The van der Waals surface area contributed by atoms with Crippen LogP contribution in [0.3, 0.4) is 0 Å². The summed E-state index contributed by atoms with van der Waals surface area (Å²) in [5, 5.41) is 0. The Morgan fingerprint density at radius 2 is 2.08 bits per heavy atom. The summed E-state index contributed by atoms with van der Waals surface area (Å²) < 4.78 is 5.01. The van der Waals surface area contributed by atoms with E-state index >= 15 is 0 Å². The molecular formula is C11H25NO. The molecule has 2 heteroatoms. The van der Waals surface area contributed by atoms with Crippen molar-refractivity contribution < 1.29 is 4.74 Å². The fraction of sp³-hybridized carbons (Fsp3) is 1.00. The first-order valence-electron chi connectivity index (χ1n) is 5.57. The van der Waals surface area contributed by atoms with Gasteiger partial charge >= 0.3 is 0 Å². The van der Waals surface area contributed by atoms with Crippen LogP contribution in [0.4, 0.5) is 0 Å². The predicted molar refractivity (Wildman–Crippen MR) is 58.1 cm³/mol. The molecular weight excluding hydrogens is 162 g/mol. The Hall–Kier alpha value is -0.0800. The van der Waals surface area contributed by atoms with Crippen LogP contribution in [-0.2, 0) is 4.74 Å². The molecule has 1 aliphatic rings. The van der Waals surface area contributed by atoms with Gasteiger partial charge < -0.3 is 9.64 Å². The zero-order valence-electron chi connectivity index (χ0n) is 9.68. The van der Waals surface area contributed by atoms with Crippen LogP contribution in [0.5, 0.6) is 0 Å². The van der Waals surface area contributed by atoms with Gasteiger partial charge in [-0.05, 0) is 32.7 Å². The number of nitrogens with zero attached hydrogens (tertiary/aromatic N) is 1. The zero-order valence-corrected chi connectivity index (χ0v) is 9.68. The van der Waals surface area contributed by atoms with Crippen LogP contribution < -0.4 is 0 Å². The van der Waals surface area contributed by atoms with E-state index in [0.717, 1.165) is 12.6 Å². The minimum Gasteiger partial charge on any atom is -0.385 e. The van der Waals surface area contributed by atoms with Crippen molar-refractivity contribution >= 4 is 0 Å². The first-order valence-corrected chi connectivity index (χ1v) is 5.57. The molecule has 0 aliphatic carbocycles. The minimum absolute atomic E-state index is 0.812. The standard InChI is InChI=1S/C9H19NO.C2H6/c1-9-5-3-6-10(9)7-4-8-11-2;1-2/h9H,3-8H2,1-2H3;1-2H3. The molecule has 0 aromatic heterocycles. The molecule has 2 nitrogen and oxygen atoms in total. The van der Waals surface area contributed by atoms with E-state index in [2.05, 4.69) is 11.8 Å². The molecule has 0 aromatic rings. The summed E-state index contributed by atoms with van der Waals surface area (Å²) >= 11 is 0. The lowest BCUT2D eigenvalue weighted by atomic mass is 10.2. The van der Waals surface area contributed by atoms with Crippen LogP contribution in [0.2, 0.25) is 0 Å². The Bertz CT molecular complexity index is 106. The van der Waals surface area contributed by atoms with Crippen LogP contribution in [0.15, 0.2) is 0 Å². The second kappa shape index (κ2) is 8.52. The van der Waals surface area contributed by atoms with Gasteiger partial charge in [-0.25, -0.2) is 0 Å². The van der Waals surface area contributed by atoms with Crippen molar-refractivity contribution in [3.63, 3.8) is 0 Å². The van der Waals surface area contributed by atoms with Crippen molar-refractivity contribution in [2.24, 2.45) is 0 Å². The van der Waals surface area contributed by atoms with E-state index < -0.39 is 0 Å². The summed E-state index contributed by atoms with van der Waals surface area (Å²) in [7, 11) is 1.77. The number of ether oxygens (including phenoxy) is 1. The SMILES string of the molecule is CC.COCCCN1CCCC1C. The number of methoxy groups -OCH3 is 1. The van der Waals surface area contributed by atoms with Crippen LogP contribution in [0.25, 0.3) is 0 Å². The highest BCUT2D eigenvalue weighted by Gasteiger charge is 2.18. The third-order valence-corrected chi connectivity index (χ3v) is 2.48. The van der Waals surface area contributed by atoms with Crippen molar-refractivity contribution in [2.45, 2.75) is 46.1 Å². The second-order valence-corrected chi connectivity index (χ2v) is 3.37. The molecule has 80 valence electrons. The van der Waals surface area contributed by atoms with Gasteiger partial charge in [0, 0.05) is 26.3 Å². The van der Waals surface area contributed by atoms with E-state index in [9.17, 15) is 0 Å². The molecule has 1 unspecified atom stereocenters. The molecule has 0 saturated carbocycles. The quantitative estimate of drug-likeness (QED) is 0.627. The zero-order chi connectivity index (χ0) is 10.1. The van der Waals surface area contributed by atoms with Gasteiger partial charge in [-0.1, -0.05) is 13.8 Å². The highest BCUT2D eigenvalue weighted by Crippen LogP contribution is 2.15. The molecule has 1 atom stereocenters. The summed E-state index contributed by atoms with van der Waals surface area (Å²) in [4.78, 5) is 2.55. The molecule has 0 bridgehead atoms. The van der Waals surface area contributed by atoms with E-state index in [1.165, 1.54) is 32.4 Å². The van der Waals surface area contributed by atoms with Gasteiger partial charge in [0.1, 0.15) is 0 Å². The molecule has 1 rings (SSSR count). The van der Waals surface area contributed by atoms with Crippen molar-refractivity contribution in [1.29, 1.82) is 0 Å². The normalized spacial score (nSPS) is 22.6. The number of rotatable bonds is 4. The molecule has 0 N–H and O–H groups in total. The molecule has 1 fully saturated rings. The smallest absolute Gasteiger partial charge is 0.0474 e. The first kappa shape index (κ1) is 12.9. The topological polar surface area (TPSA) is 12.5 Å². The lowest BCUT2D eigenvalue weighted by Gasteiger charge is -2.20. The van der Waals surface area contributed by atoms with Gasteiger partial charge in [-0.2, -0.15) is 0 Å². The molecule has 1 heterocycles. The molecule has 0 radical (unpaired) electrons. The Kier molecular flexibility index (Phi) is 8.46. The number of hydrogen-bond acceptors (Lipinski definition) is 2. The summed E-state index contributed by atoms with van der Waals surface area (Å²) in [6.07, 6.45) is 3.95. The monoisotopic (exact) mass is 187 g/mol. The predicted octanol–water partition coefficient (Wildman–Crippen LogP) is 2.53. The molecule has 1 aliphatic heterocycles. The van der Waals surface area contributed by atoms with Gasteiger partial charge in [-0.15, -0.1) is 0 Å². The van der Waals surface area contributed by atoms with Crippen LogP contribution in [0.1, 0.15) is 40.0 Å². The molecule has 0 amide bonds. The van der Waals surface area contributed by atoms with Crippen LogP contribution in [-0.4, -0.2) is 37.7 Å². The second-order valence-electron chi connectivity index (χ2n) is 3.37. The molecule has 0 spiro atoms. The molecule has 1 saturated heterocycles. The minimum atomic E-state index is 0.812. The molecule has 0 aromatic carbocycles. The fourth-order valence-corrected chi connectivity index (χ4v) is 1.74. The number of hydrogen-bond donors (Lipinski definition) is 0. The van der Waals surface area contributed by atoms with Crippen molar-refractivity contribution in [2.75, 3.05) is 26.8 Å². The van der Waals surface area contributed by atoms with E-state index in [1.54, 1.807) is 7.11 Å². The van der Waals surface area contributed by atoms with Gasteiger partial charge in [0.15, 0.2) is 0 Å². The van der Waals surface area contributed by atoms with Crippen molar-refractivity contribution in [1.82, 2.24) is 4.90 Å². The van der Waals surface area contributed by atoms with Gasteiger partial charge in [0.05, 0.1) is 0 Å². The Labute approximate surface area is 83.3 Å². The van der Waals surface area contributed by atoms with Gasteiger partial charge in [-0.3, -0.25) is 0 Å². The van der Waals surface area contributed by atoms with Crippen LogP contribution in [0, 0.1) is 0 Å². The van der Waals surface area contributed by atoms with Crippen molar-refractivity contribution in [3.05, 3.63) is 0 Å². The van der Waals surface area contributed by atoms with E-state index in [0.29, 0.717) is 0 Å². The summed E-state index contributed by atoms with van der Waals surface area (Å²) in [6, 6.07) is 0.812. The largest absolute Gasteiger partial charge is 0.385 e. The lowest BCUT2D eigenvalue weighted by Crippen LogP contribution is -2.28. The van der Waals surface area contributed by atoms with Gasteiger partial charge in [0.25, 0.3) is 0 Å². The average molecular weight is 187 g/mol. The lowest BCUT2D eigenvalue weighted by molar-refractivity contribution is 0.170. The van der Waals surface area contributed by atoms with Crippen molar-refractivity contribution in [3.8, 4) is 0 Å². The number of likely N-dealkylation sites (tertiary alicyclic amines) is 1. The van der Waals surface area contributed by atoms with E-state index in [4.69, 9.17) is 4.74 Å². The Balaban J connectivity index is 0.000000671. The van der Waals surface area contributed by atoms with Crippen LogP contribution >= 0.6 is 0 Å². The maximum atomic E-state index is 5.01. The summed E-state index contributed by atoms with van der Waals surface area (Å²) in [6.45, 7) is 9.74. The highest BCUT2D eigenvalue weighted by molar-refractivity contribution is 4.74. The maximum absolute atomic E-state index is 5.01. The maximum Gasteiger partial charge on any atom is 0.0474 e. The average Bonchev–Trinajstić information content (AvgIpc) is 2.56. The highest BCUT2D eigenvalue weighted by atomic mass is 16.5.